The number of hydrogen-bond acceptors (Lipinski definition) is 4. The molecule has 0 bridgehead atoms. The number of phosphoric ester groups is 1. The fraction of sp³-hybridized carbons (Fsp3) is 0.222. The molecule has 0 saturated carbocycles. The van der Waals surface area contributed by atoms with E-state index in [0.717, 1.165) is 0 Å². The number of benzene rings is 1. The molecule has 0 fully saturated rings. The van der Waals surface area contributed by atoms with Crippen LogP contribution in [0.15, 0.2) is 24.3 Å². The highest BCUT2D eigenvalue weighted by atomic mass is 31.2. The first kappa shape index (κ1) is 17.0. The maximum absolute atomic E-state index is 10.5. The predicted octanol–water partition coefficient (Wildman–Crippen LogP) is 0.171. The molecule has 1 unspecified atom stereocenters. The Balaban J connectivity index is 0.00000289. The molecule has 0 aromatic heterocycles. The van der Waals surface area contributed by atoms with Crippen LogP contribution in [0.25, 0.3) is 0 Å². The molecule has 18 heavy (non-hydrogen) atoms. The first-order valence-corrected chi connectivity index (χ1v) is 6.13. The van der Waals surface area contributed by atoms with E-state index in [9.17, 15) is 9.36 Å². The molecule has 0 aliphatic rings. The summed E-state index contributed by atoms with van der Waals surface area (Å²) >= 11 is 0. The lowest BCUT2D eigenvalue weighted by molar-refractivity contribution is -0.138. The van der Waals surface area contributed by atoms with Crippen molar-refractivity contribution >= 4 is 23.7 Å². The number of aliphatic carboxylic acids is 1. The lowest BCUT2D eigenvalue weighted by Gasteiger charge is -2.09. The van der Waals surface area contributed by atoms with Crippen molar-refractivity contribution in [3.63, 3.8) is 0 Å². The molecule has 1 rings (SSSR count). The summed E-state index contributed by atoms with van der Waals surface area (Å²) in [5, 5.41) is 8.60. The van der Waals surface area contributed by atoms with E-state index >= 15 is 0 Å². The molecular formula is C9H15NO6P2. The summed E-state index contributed by atoms with van der Waals surface area (Å²) in [6.07, 6.45) is 0.130. The number of carboxylic acid groups (broad SMARTS) is 1. The number of carbonyl (C=O) groups is 1. The average molecular weight is 295 g/mol. The quantitative estimate of drug-likeness (QED) is 0.569. The minimum absolute atomic E-state index is 0. The molecular weight excluding hydrogens is 280 g/mol. The van der Waals surface area contributed by atoms with Crippen molar-refractivity contribution < 1.29 is 28.8 Å². The van der Waals surface area contributed by atoms with Crippen LogP contribution in [0.3, 0.4) is 0 Å². The summed E-state index contributed by atoms with van der Waals surface area (Å²) in [7, 11) is -4.56. The Kier molecular flexibility index (Phi) is 6.46. The van der Waals surface area contributed by atoms with Gasteiger partial charge in [0.25, 0.3) is 0 Å². The minimum Gasteiger partial charge on any atom is -0.480 e. The van der Waals surface area contributed by atoms with Crippen molar-refractivity contribution in [2.24, 2.45) is 5.73 Å². The number of hydrogen-bond donors (Lipinski definition) is 4. The summed E-state index contributed by atoms with van der Waals surface area (Å²) in [4.78, 5) is 27.6. The van der Waals surface area contributed by atoms with Crippen LogP contribution < -0.4 is 10.3 Å². The zero-order chi connectivity index (χ0) is 13.1. The standard InChI is InChI=1S/C9H12NO6P.H3P/c10-8(9(11)12)5-6-1-3-7(4-2-6)16-17(13,14)15;/h1-4,8H,5,10H2,(H,11,12)(H2,13,14,15);1H3/t8-;/m0./s1. The number of rotatable bonds is 5. The molecule has 0 spiro atoms. The van der Waals surface area contributed by atoms with E-state index in [2.05, 4.69) is 4.52 Å². The molecule has 9 heteroatoms. The normalized spacial score (nSPS) is 12.4. The smallest absolute Gasteiger partial charge is 0.480 e. The van der Waals surface area contributed by atoms with Crippen molar-refractivity contribution in [3.8, 4) is 5.75 Å². The SMILES string of the molecule is N[C@@H](Cc1ccc(OP(=O)(O)O)cc1)C(=O)O.P. The summed E-state index contributed by atoms with van der Waals surface area (Å²) in [6.45, 7) is 0. The molecule has 0 radical (unpaired) electrons. The molecule has 0 aliphatic heterocycles. The van der Waals surface area contributed by atoms with E-state index < -0.39 is 19.8 Å². The highest BCUT2D eigenvalue weighted by Gasteiger charge is 2.16. The van der Waals surface area contributed by atoms with E-state index in [4.69, 9.17) is 20.6 Å². The summed E-state index contributed by atoms with van der Waals surface area (Å²) in [6, 6.07) is 4.65. The molecule has 0 saturated heterocycles. The third-order valence-corrected chi connectivity index (χ3v) is 2.37. The summed E-state index contributed by atoms with van der Waals surface area (Å²) in [5.74, 6) is -1.11. The molecule has 0 heterocycles. The molecule has 0 aliphatic carbocycles. The highest BCUT2D eigenvalue weighted by Crippen LogP contribution is 2.37. The summed E-state index contributed by atoms with van der Waals surface area (Å²) in [5.41, 5.74) is 5.97. The van der Waals surface area contributed by atoms with Gasteiger partial charge in [-0.25, -0.2) is 4.57 Å². The second-order valence-electron chi connectivity index (χ2n) is 3.37. The monoisotopic (exact) mass is 295 g/mol. The summed E-state index contributed by atoms with van der Waals surface area (Å²) < 4.78 is 14.9. The third kappa shape index (κ3) is 6.10. The maximum atomic E-state index is 10.5. The Labute approximate surface area is 107 Å². The zero-order valence-electron chi connectivity index (χ0n) is 9.39. The first-order chi connectivity index (χ1) is 7.78. The topological polar surface area (TPSA) is 130 Å². The van der Waals surface area contributed by atoms with Gasteiger partial charge < -0.3 is 15.4 Å². The van der Waals surface area contributed by atoms with Crippen LogP contribution >= 0.6 is 17.7 Å². The van der Waals surface area contributed by atoms with Gasteiger partial charge in [0.05, 0.1) is 0 Å². The predicted molar refractivity (Wildman–Crippen MR) is 69.5 cm³/mol. The van der Waals surface area contributed by atoms with Gasteiger partial charge in [-0.15, -0.1) is 0 Å². The second-order valence-corrected chi connectivity index (χ2v) is 4.54. The molecule has 7 nitrogen and oxygen atoms in total. The first-order valence-electron chi connectivity index (χ1n) is 4.60. The van der Waals surface area contributed by atoms with Gasteiger partial charge in [0, 0.05) is 0 Å². The molecule has 102 valence electrons. The van der Waals surface area contributed by atoms with Crippen LogP contribution in [-0.4, -0.2) is 26.9 Å². The van der Waals surface area contributed by atoms with E-state index in [0.29, 0.717) is 5.56 Å². The fourth-order valence-corrected chi connectivity index (χ4v) is 1.56. The van der Waals surface area contributed by atoms with Gasteiger partial charge in [-0.05, 0) is 24.1 Å². The van der Waals surface area contributed by atoms with E-state index in [1.165, 1.54) is 24.3 Å². The largest absolute Gasteiger partial charge is 0.524 e. The van der Waals surface area contributed by atoms with Crippen LogP contribution in [0.1, 0.15) is 5.56 Å². The van der Waals surface area contributed by atoms with Gasteiger partial charge in [-0.2, -0.15) is 9.90 Å². The Bertz CT molecular complexity index is 443. The molecule has 1 aromatic carbocycles. The van der Waals surface area contributed by atoms with Gasteiger partial charge in [-0.1, -0.05) is 12.1 Å². The lowest BCUT2D eigenvalue weighted by Crippen LogP contribution is -2.32. The third-order valence-electron chi connectivity index (χ3n) is 1.92. The van der Waals surface area contributed by atoms with Gasteiger partial charge in [0.15, 0.2) is 0 Å². The number of nitrogens with two attached hydrogens (primary N) is 1. The van der Waals surface area contributed by atoms with Crippen LogP contribution in [0, 0.1) is 0 Å². The van der Waals surface area contributed by atoms with Crippen molar-refractivity contribution in [1.82, 2.24) is 0 Å². The van der Waals surface area contributed by atoms with Crippen molar-refractivity contribution in [3.05, 3.63) is 29.8 Å². The van der Waals surface area contributed by atoms with E-state index in [-0.39, 0.29) is 22.1 Å². The Hall–Kier alpha value is -0.970. The average Bonchev–Trinajstić information content (AvgIpc) is 2.18. The molecule has 5 N–H and O–H groups in total. The van der Waals surface area contributed by atoms with Crippen LogP contribution in [0.5, 0.6) is 5.75 Å². The lowest BCUT2D eigenvalue weighted by atomic mass is 10.1. The highest BCUT2D eigenvalue weighted by molar-refractivity contribution is 7.46. The maximum Gasteiger partial charge on any atom is 0.524 e. The van der Waals surface area contributed by atoms with E-state index in [1.54, 1.807) is 0 Å². The Morgan fingerprint density at radius 1 is 1.33 bits per heavy atom. The number of carboxylic acids is 1. The molecule has 2 atom stereocenters. The molecule has 0 amide bonds. The van der Waals surface area contributed by atoms with Gasteiger partial charge >= 0.3 is 13.8 Å². The van der Waals surface area contributed by atoms with Crippen molar-refractivity contribution in [2.75, 3.05) is 0 Å². The van der Waals surface area contributed by atoms with Crippen molar-refractivity contribution in [1.29, 1.82) is 0 Å². The van der Waals surface area contributed by atoms with Crippen molar-refractivity contribution in [2.45, 2.75) is 12.5 Å². The zero-order valence-corrected chi connectivity index (χ0v) is 11.7. The Morgan fingerprint density at radius 2 is 1.83 bits per heavy atom. The number of phosphoric acid groups is 1. The minimum atomic E-state index is -4.56. The Morgan fingerprint density at radius 3 is 2.22 bits per heavy atom. The van der Waals surface area contributed by atoms with Gasteiger partial charge in [-0.3, -0.25) is 14.6 Å². The van der Waals surface area contributed by atoms with Gasteiger partial charge in [0.2, 0.25) is 0 Å². The molecule has 1 aromatic rings. The van der Waals surface area contributed by atoms with Gasteiger partial charge in [0.1, 0.15) is 11.8 Å². The van der Waals surface area contributed by atoms with Crippen LogP contribution in [0.2, 0.25) is 0 Å². The van der Waals surface area contributed by atoms with Crippen LogP contribution in [-0.2, 0) is 15.8 Å². The van der Waals surface area contributed by atoms with E-state index in [1.807, 2.05) is 0 Å². The van der Waals surface area contributed by atoms with Crippen LogP contribution in [0.4, 0.5) is 0 Å². The fourth-order valence-electron chi connectivity index (χ4n) is 1.16. The second kappa shape index (κ2) is 6.83.